The minimum atomic E-state index is -3.54. The van der Waals surface area contributed by atoms with E-state index in [2.05, 4.69) is 0 Å². The first-order chi connectivity index (χ1) is 9.84. The smallest absolute Gasteiger partial charge is 0.172 e. The Balaban J connectivity index is 2.34. The van der Waals surface area contributed by atoms with Crippen LogP contribution in [0.5, 0.6) is 11.5 Å². The van der Waals surface area contributed by atoms with Gasteiger partial charge in [-0.2, -0.15) is 5.26 Å². The van der Waals surface area contributed by atoms with Gasteiger partial charge < -0.3 is 9.47 Å². The van der Waals surface area contributed by atoms with Gasteiger partial charge in [0.15, 0.2) is 27.1 Å². The molecule has 0 amide bonds. The van der Waals surface area contributed by atoms with Gasteiger partial charge in [0, 0.05) is 6.26 Å². The van der Waals surface area contributed by atoms with Crippen LogP contribution in [0.3, 0.4) is 0 Å². The zero-order valence-corrected chi connectivity index (χ0v) is 12.5. The number of nitrogens with zero attached hydrogens (tertiary/aromatic N) is 1. The molecule has 0 N–H and O–H groups in total. The second-order valence-corrected chi connectivity index (χ2v) is 7.21. The second kappa shape index (κ2) is 5.74. The highest BCUT2D eigenvalue weighted by molar-refractivity contribution is 7.92. The maximum atomic E-state index is 12.2. The fourth-order valence-electron chi connectivity index (χ4n) is 1.99. The summed E-state index contributed by atoms with van der Waals surface area (Å²) in [7, 11) is -3.54. The lowest BCUT2D eigenvalue weighted by molar-refractivity contribution is -0.118. The van der Waals surface area contributed by atoms with Crippen molar-refractivity contribution in [2.45, 2.75) is 18.1 Å². The van der Waals surface area contributed by atoms with E-state index in [0.717, 1.165) is 6.26 Å². The SMILES string of the molecule is CC(C(=O)C(C#N)c1ccc2c(c1)OCCO2)S(C)(=O)=O. The summed E-state index contributed by atoms with van der Waals surface area (Å²) in [6.07, 6.45) is 0.980. The monoisotopic (exact) mass is 309 g/mol. The van der Waals surface area contributed by atoms with Crippen molar-refractivity contribution in [3.8, 4) is 17.6 Å². The molecular weight excluding hydrogens is 294 g/mol. The summed E-state index contributed by atoms with van der Waals surface area (Å²) in [5, 5.41) is 8.00. The minimum Gasteiger partial charge on any atom is -0.486 e. The van der Waals surface area contributed by atoms with Crippen LogP contribution in [0, 0.1) is 11.3 Å². The number of hydrogen-bond donors (Lipinski definition) is 0. The van der Waals surface area contributed by atoms with E-state index in [9.17, 15) is 18.5 Å². The summed E-state index contributed by atoms with van der Waals surface area (Å²) < 4.78 is 33.7. The number of carbonyl (C=O) groups is 1. The van der Waals surface area contributed by atoms with Crippen LogP contribution in [-0.4, -0.2) is 38.9 Å². The number of nitriles is 1. The number of Topliss-reactive ketones (excluding diaryl/α,β-unsaturated/α-hetero) is 1. The maximum absolute atomic E-state index is 12.2. The van der Waals surface area contributed by atoms with Gasteiger partial charge in [-0.3, -0.25) is 4.79 Å². The van der Waals surface area contributed by atoms with Crippen LogP contribution in [0.4, 0.5) is 0 Å². The van der Waals surface area contributed by atoms with Crippen LogP contribution in [0.15, 0.2) is 18.2 Å². The maximum Gasteiger partial charge on any atom is 0.172 e. The first-order valence-corrected chi connectivity index (χ1v) is 8.32. The number of benzene rings is 1. The highest BCUT2D eigenvalue weighted by atomic mass is 32.2. The summed E-state index contributed by atoms with van der Waals surface area (Å²) in [5.74, 6) is -0.786. The van der Waals surface area contributed by atoms with Gasteiger partial charge in [-0.15, -0.1) is 0 Å². The molecule has 0 fully saturated rings. The van der Waals surface area contributed by atoms with Gasteiger partial charge in [-0.1, -0.05) is 6.07 Å². The Bertz CT molecular complexity index is 705. The molecule has 0 radical (unpaired) electrons. The zero-order chi connectivity index (χ0) is 15.6. The molecule has 0 saturated carbocycles. The number of fused-ring (bicyclic) bond motifs is 1. The number of carbonyl (C=O) groups excluding carboxylic acids is 1. The molecule has 1 aliphatic heterocycles. The molecule has 2 atom stereocenters. The third kappa shape index (κ3) is 3.16. The van der Waals surface area contributed by atoms with E-state index in [1.54, 1.807) is 18.2 Å². The minimum absolute atomic E-state index is 0.390. The molecule has 7 heteroatoms. The van der Waals surface area contributed by atoms with Gasteiger partial charge >= 0.3 is 0 Å². The van der Waals surface area contributed by atoms with E-state index < -0.39 is 26.8 Å². The van der Waals surface area contributed by atoms with Crippen LogP contribution < -0.4 is 9.47 Å². The number of ether oxygens (including phenoxy) is 2. The lowest BCUT2D eigenvalue weighted by atomic mass is 9.94. The zero-order valence-electron chi connectivity index (χ0n) is 11.7. The molecule has 21 heavy (non-hydrogen) atoms. The van der Waals surface area contributed by atoms with Gasteiger partial charge in [0.05, 0.1) is 6.07 Å². The number of ketones is 1. The van der Waals surface area contributed by atoms with E-state index >= 15 is 0 Å². The first-order valence-electron chi connectivity index (χ1n) is 6.36. The molecule has 0 aliphatic carbocycles. The van der Waals surface area contributed by atoms with E-state index in [1.165, 1.54) is 6.92 Å². The Labute approximate surface area is 123 Å². The first kappa shape index (κ1) is 15.3. The van der Waals surface area contributed by atoms with Crippen molar-refractivity contribution in [1.82, 2.24) is 0 Å². The molecule has 1 aromatic carbocycles. The Morgan fingerprint density at radius 3 is 2.48 bits per heavy atom. The van der Waals surface area contributed by atoms with Crippen molar-refractivity contribution < 1.29 is 22.7 Å². The highest BCUT2D eigenvalue weighted by Crippen LogP contribution is 2.33. The van der Waals surface area contributed by atoms with E-state index in [-0.39, 0.29) is 0 Å². The van der Waals surface area contributed by atoms with Crippen LogP contribution in [0.2, 0.25) is 0 Å². The fraction of sp³-hybridized carbons (Fsp3) is 0.429. The molecule has 1 heterocycles. The number of hydrogen-bond acceptors (Lipinski definition) is 6. The van der Waals surface area contributed by atoms with E-state index in [4.69, 9.17) is 9.47 Å². The number of sulfone groups is 1. The van der Waals surface area contributed by atoms with Crippen LogP contribution in [0.1, 0.15) is 18.4 Å². The second-order valence-electron chi connectivity index (χ2n) is 4.84. The molecule has 2 unspecified atom stereocenters. The Kier molecular flexibility index (Phi) is 4.19. The van der Waals surface area contributed by atoms with Crippen molar-refractivity contribution in [3.05, 3.63) is 23.8 Å². The molecule has 0 saturated heterocycles. The number of rotatable bonds is 4. The Morgan fingerprint density at radius 2 is 1.90 bits per heavy atom. The summed E-state index contributed by atoms with van der Waals surface area (Å²) in [6, 6.07) is 6.61. The van der Waals surface area contributed by atoms with Gasteiger partial charge in [0.25, 0.3) is 0 Å². The average Bonchev–Trinajstić information content (AvgIpc) is 2.46. The Hall–Kier alpha value is -2.07. The van der Waals surface area contributed by atoms with Crippen molar-refractivity contribution >= 4 is 15.6 Å². The molecular formula is C14H15NO5S. The molecule has 2 rings (SSSR count). The summed E-state index contributed by atoms with van der Waals surface area (Å²) in [5.41, 5.74) is 0.405. The predicted octanol–water partition coefficient (Wildman–Crippen LogP) is 1.07. The molecule has 0 spiro atoms. The van der Waals surface area contributed by atoms with Crippen molar-refractivity contribution in [2.75, 3.05) is 19.5 Å². The van der Waals surface area contributed by atoms with Crippen LogP contribution in [0.25, 0.3) is 0 Å². The summed E-state index contributed by atoms with van der Waals surface area (Å²) in [6.45, 7) is 2.12. The topological polar surface area (TPSA) is 93.5 Å². The van der Waals surface area contributed by atoms with E-state index in [0.29, 0.717) is 30.3 Å². The third-order valence-electron chi connectivity index (χ3n) is 3.36. The summed E-state index contributed by atoms with van der Waals surface area (Å²) >= 11 is 0. The summed E-state index contributed by atoms with van der Waals surface area (Å²) in [4.78, 5) is 12.2. The molecule has 0 aromatic heterocycles. The van der Waals surface area contributed by atoms with Crippen molar-refractivity contribution in [1.29, 1.82) is 5.26 Å². The molecule has 6 nitrogen and oxygen atoms in total. The predicted molar refractivity (Wildman–Crippen MR) is 75.1 cm³/mol. The van der Waals surface area contributed by atoms with Crippen LogP contribution in [-0.2, 0) is 14.6 Å². The highest BCUT2D eigenvalue weighted by Gasteiger charge is 2.32. The van der Waals surface area contributed by atoms with Crippen LogP contribution >= 0.6 is 0 Å². The lowest BCUT2D eigenvalue weighted by Gasteiger charge is -2.20. The largest absolute Gasteiger partial charge is 0.486 e. The van der Waals surface area contributed by atoms with Gasteiger partial charge in [-0.05, 0) is 24.6 Å². The molecule has 0 bridgehead atoms. The van der Waals surface area contributed by atoms with Gasteiger partial charge in [0.2, 0.25) is 0 Å². The quantitative estimate of drug-likeness (QED) is 0.825. The van der Waals surface area contributed by atoms with Crippen molar-refractivity contribution in [2.24, 2.45) is 0 Å². The van der Waals surface area contributed by atoms with Gasteiger partial charge in [-0.25, -0.2) is 8.42 Å². The van der Waals surface area contributed by atoms with Gasteiger partial charge in [0.1, 0.15) is 24.4 Å². The third-order valence-corrected chi connectivity index (χ3v) is 4.87. The molecule has 112 valence electrons. The average molecular weight is 309 g/mol. The molecule has 1 aromatic rings. The fourth-order valence-corrected chi connectivity index (χ4v) is 2.55. The van der Waals surface area contributed by atoms with Crippen molar-refractivity contribution in [3.63, 3.8) is 0 Å². The normalized spacial score (nSPS) is 16.6. The standard InChI is InChI=1S/C14H15NO5S/c1-9(21(2,17)18)14(16)11(8-15)10-3-4-12-13(7-10)20-6-5-19-12/h3-4,7,9,11H,5-6H2,1-2H3. The van der Waals surface area contributed by atoms with E-state index in [1.807, 2.05) is 6.07 Å². The Morgan fingerprint density at radius 1 is 1.29 bits per heavy atom. The lowest BCUT2D eigenvalue weighted by Crippen LogP contribution is -2.30. The molecule has 1 aliphatic rings.